The summed E-state index contributed by atoms with van der Waals surface area (Å²) in [6.07, 6.45) is 1.68. The van der Waals surface area contributed by atoms with Crippen LogP contribution in [0.4, 0.5) is 0 Å². The van der Waals surface area contributed by atoms with Crippen LogP contribution in [0.15, 0.2) is 38.1 Å². The van der Waals surface area contributed by atoms with Crippen molar-refractivity contribution in [3.8, 4) is 0 Å². The standard InChI is InChI=1S/C13H10O3/c1-7-5-10-12(8(2)6-15-10)13-9(7)3-4-11(14)16-13/h3-6H,1-2H3. The van der Waals surface area contributed by atoms with Crippen LogP contribution in [0.25, 0.3) is 21.9 Å². The Morgan fingerprint density at radius 1 is 1.12 bits per heavy atom. The van der Waals surface area contributed by atoms with Crippen molar-refractivity contribution in [1.29, 1.82) is 0 Å². The molecule has 80 valence electrons. The molecule has 0 unspecified atom stereocenters. The van der Waals surface area contributed by atoms with Gasteiger partial charge in [-0.05, 0) is 37.1 Å². The van der Waals surface area contributed by atoms with Crippen LogP contribution in [-0.4, -0.2) is 0 Å². The Hall–Kier alpha value is -2.03. The minimum Gasteiger partial charge on any atom is -0.464 e. The fourth-order valence-electron chi connectivity index (χ4n) is 2.05. The lowest BCUT2D eigenvalue weighted by atomic mass is 10.1. The molecule has 0 aliphatic rings. The topological polar surface area (TPSA) is 43.4 Å². The lowest BCUT2D eigenvalue weighted by molar-refractivity contribution is 0.563. The van der Waals surface area contributed by atoms with E-state index < -0.39 is 0 Å². The molecule has 0 saturated carbocycles. The van der Waals surface area contributed by atoms with Crippen LogP contribution in [0.1, 0.15) is 11.1 Å². The van der Waals surface area contributed by atoms with Crippen molar-refractivity contribution in [1.82, 2.24) is 0 Å². The monoisotopic (exact) mass is 214 g/mol. The maximum Gasteiger partial charge on any atom is 0.336 e. The van der Waals surface area contributed by atoms with Gasteiger partial charge in [-0.25, -0.2) is 4.79 Å². The average Bonchev–Trinajstić information content (AvgIpc) is 2.60. The Bertz CT molecular complexity index is 747. The quantitative estimate of drug-likeness (QED) is 0.540. The van der Waals surface area contributed by atoms with E-state index in [2.05, 4.69) is 0 Å². The Balaban J connectivity index is 2.70. The van der Waals surface area contributed by atoms with E-state index >= 15 is 0 Å². The van der Waals surface area contributed by atoms with E-state index in [1.54, 1.807) is 12.3 Å². The maximum absolute atomic E-state index is 11.3. The molecule has 0 radical (unpaired) electrons. The van der Waals surface area contributed by atoms with E-state index in [0.717, 1.165) is 27.5 Å². The van der Waals surface area contributed by atoms with E-state index in [9.17, 15) is 4.79 Å². The zero-order valence-corrected chi connectivity index (χ0v) is 9.03. The van der Waals surface area contributed by atoms with Gasteiger partial charge in [0.1, 0.15) is 11.2 Å². The van der Waals surface area contributed by atoms with Gasteiger partial charge in [-0.3, -0.25) is 0 Å². The summed E-state index contributed by atoms with van der Waals surface area (Å²) in [6, 6.07) is 5.20. The van der Waals surface area contributed by atoms with E-state index in [1.165, 1.54) is 6.07 Å². The van der Waals surface area contributed by atoms with E-state index in [0.29, 0.717) is 5.58 Å². The smallest absolute Gasteiger partial charge is 0.336 e. The molecule has 0 amide bonds. The number of rotatable bonds is 0. The van der Waals surface area contributed by atoms with E-state index in [4.69, 9.17) is 8.83 Å². The Morgan fingerprint density at radius 3 is 2.75 bits per heavy atom. The molecule has 3 heteroatoms. The highest BCUT2D eigenvalue weighted by Crippen LogP contribution is 2.30. The second kappa shape index (κ2) is 2.98. The lowest BCUT2D eigenvalue weighted by Gasteiger charge is -2.01. The Morgan fingerprint density at radius 2 is 1.94 bits per heavy atom. The van der Waals surface area contributed by atoms with Crippen LogP contribution in [0.5, 0.6) is 0 Å². The molecule has 2 heterocycles. The highest BCUT2D eigenvalue weighted by Gasteiger charge is 2.11. The number of aryl methyl sites for hydroxylation is 2. The van der Waals surface area contributed by atoms with Gasteiger partial charge in [0.2, 0.25) is 0 Å². The summed E-state index contributed by atoms with van der Waals surface area (Å²) in [5.74, 6) is 0. The fraction of sp³-hybridized carbons (Fsp3) is 0.154. The minimum atomic E-state index is -0.333. The highest BCUT2D eigenvalue weighted by atomic mass is 16.4. The molecule has 0 spiro atoms. The largest absolute Gasteiger partial charge is 0.464 e. The molecule has 0 aliphatic carbocycles. The van der Waals surface area contributed by atoms with Crippen molar-refractivity contribution in [3.63, 3.8) is 0 Å². The van der Waals surface area contributed by atoms with Crippen molar-refractivity contribution in [3.05, 3.63) is 46.0 Å². The third-order valence-corrected chi connectivity index (χ3v) is 2.84. The summed E-state index contributed by atoms with van der Waals surface area (Å²) in [5, 5.41) is 1.84. The normalized spacial score (nSPS) is 11.4. The third-order valence-electron chi connectivity index (χ3n) is 2.84. The zero-order chi connectivity index (χ0) is 11.3. The lowest BCUT2D eigenvalue weighted by Crippen LogP contribution is -1.95. The summed E-state index contributed by atoms with van der Waals surface area (Å²) in [5.41, 5.74) is 3.07. The molecule has 3 nitrogen and oxygen atoms in total. The maximum atomic E-state index is 11.3. The first-order chi connectivity index (χ1) is 7.66. The number of hydrogen-bond donors (Lipinski definition) is 0. The summed E-state index contributed by atoms with van der Waals surface area (Å²) in [7, 11) is 0. The van der Waals surface area contributed by atoms with E-state index in [-0.39, 0.29) is 5.63 Å². The van der Waals surface area contributed by atoms with Crippen LogP contribution in [0.3, 0.4) is 0 Å². The first-order valence-electron chi connectivity index (χ1n) is 5.08. The van der Waals surface area contributed by atoms with E-state index in [1.807, 2.05) is 19.9 Å². The molecular formula is C13H10O3. The zero-order valence-electron chi connectivity index (χ0n) is 9.03. The first-order valence-corrected chi connectivity index (χ1v) is 5.08. The van der Waals surface area contributed by atoms with Gasteiger partial charge in [0, 0.05) is 11.5 Å². The molecule has 3 rings (SSSR count). The molecule has 0 aliphatic heterocycles. The van der Waals surface area contributed by atoms with Crippen LogP contribution in [0, 0.1) is 13.8 Å². The highest BCUT2D eigenvalue weighted by molar-refractivity contribution is 6.05. The fourth-order valence-corrected chi connectivity index (χ4v) is 2.05. The number of fused-ring (bicyclic) bond motifs is 3. The Kier molecular flexibility index (Phi) is 1.72. The summed E-state index contributed by atoms with van der Waals surface area (Å²) in [4.78, 5) is 11.3. The average molecular weight is 214 g/mol. The summed E-state index contributed by atoms with van der Waals surface area (Å²) < 4.78 is 10.7. The molecule has 0 bridgehead atoms. The van der Waals surface area contributed by atoms with Crippen LogP contribution < -0.4 is 5.63 Å². The minimum absolute atomic E-state index is 0.333. The molecule has 0 atom stereocenters. The predicted molar refractivity (Wildman–Crippen MR) is 61.7 cm³/mol. The molecule has 16 heavy (non-hydrogen) atoms. The number of furan rings is 1. The molecule has 2 aromatic heterocycles. The Labute approximate surface area is 91.3 Å². The summed E-state index contributed by atoms with van der Waals surface area (Å²) >= 11 is 0. The van der Waals surface area contributed by atoms with Gasteiger partial charge in [-0.1, -0.05) is 0 Å². The SMILES string of the molecule is Cc1cc2occ(C)c2c2oc(=O)ccc12. The molecule has 0 fully saturated rings. The van der Waals surface area contributed by atoms with Gasteiger partial charge >= 0.3 is 5.63 Å². The second-order valence-electron chi connectivity index (χ2n) is 3.98. The van der Waals surface area contributed by atoms with Crippen LogP contribution in [-0.2, 0) is 0 Å². The molecular weight excluding hydrogens is 204 g/mol. The van der Waals surface area contributed by atoms with Crippen molar-refractivity contribution in [2.45, 2.75) is 13.8 Å². The molecule has 3 aromatic rings. The van der Waals surface area contributed by atoms with Gasteiger partial charge < -0.3 is 8.83 Å². The van der Waals surface area contributed by atoms with Crippen LogP contribution in [0.2, 0.25) is 0 Å². The van der Waals surface area contributed by atoms with Crippen molar-refractivity contribution >= 4 is 21.9 Å². The van der Waals surface area contributed by atoms with Crippen molar-refractivity contribution in [2.24, 2.45) is 0 Å². The summed E-state index contributed by atoms with van der Waals surface area (Å²) in [6.45, 7) is 3.91. The number of hydrogen-bond acceptors (Lipinski definition) is 3. The van der Waals surface area contributed by atoms with Crippen molar-refractivity contribution < 1.29 is 8.83 Å². The molecule has 1 aromatic carbocycles. The van der Waals surface area contributed by atoms with Gasteiger partial charge in [0.15, 0.2) is 0 Å². The van der Waals surface area contributed by atoms with Gasteiger partial charge in [-0.15, -0.1) is 0 Å². The number of benzene rings is 1. The van der Waals surface area contributed by atoms with Gasteiger partial charge in [0.05, 0.1) is 11.6 Å². The molecule has 0 saturated heterocycles. The molecule has 0 N–H and O–H groups in total. The van der Waals surface area contributed by atoms with Gasteiger partial charge in [0.25, 0.3) is 0 Å². The second-order valence-corrected chi connectivity index (χ2v) is 3.98. The first kappa shape index (κ1) is 9.21. The van der Waals surface area contributed by atoms with Crippen LogP contribution >= 0.6 is 0 Å². The van der Waals surface area contributed by atoms with Crippen molar-refractivity contribution in [2.75, 3.05) is 0 Å². The third kappa shape index (κ3) is 1.11. The predicted octanol–water partition coefficient (Wildman–Crippen LogP) is 3.16. The van der Waals surface area contributed by atoms with Gasteiger partial charge in [-0.2, -0.15) is 0 Å².